The molecule has 7 heteroatoms. The van der Waals surface area contributed by atoms with Gasteiger partial charge in [0.1, 0.15) is 16.5 Å². The van der Waals surface area contributed by atoms with Gasteiger partial charge in [0, 0.05) is 12.5 Å². The number of rotatable bonds is 4. The fourth-order valence-electron chi connectivity index (χ4n) is 1.60. The normalized spacial score (nSPS) is 11.5. The minimum absolute atomic E-state index is 0.162. The molecule has 0 amide bonds. The van der Waals surface area contributed by atoms with Gasteiger partial charge in [0.2, 0.25) is 5.89 Å². The Hall–Kier alpha value is -1.89. The van der Waals surface area contributed by atoms with E-state index in [4.69, 9.17) is 4.42 Å². The van der Waals surface area contributed by atoms with Gasteiger partial charge in [0.15, 0.2) is 9.84 Å². The van der Waals surface area contributed by atoms with Crippen molar-refractivity contribution in [3.8, 4) is 0 Å². The Kier molecular flexibility index (Phi) is 3.57. The summed E-state index contributed by atoms with van der Waals surface area (Å²) in [7, 11) is -3.32. The van der Waals surface area contributed by atoms with Crippen molar-refractivity contribution in [3.05, 3.63) is 35.7 Å². The Balaban J connectivity index is 2.21. The molecule has 0 aliphatic carbocycles. The molecule has 0 aromatic carbocycles. The molecule has 2 rings (SSSR count). The molecule has 2 aromatic heterocycles. The van der Waals surface area contributed by atoms with Crippen LogP contribution in [0.1, 0.15) is 17.3 Å². The summed E-state index contributed by atoms with van der Waals surface area (Å²) in [5, 5.41) is 2.93. The van der Waals surface area contributed by atoms with Crippen molar-refractivity contribution in [1.82, 2.24) is 9.97 Å². The molecule has 0 saturated heterocycles. The van der Waals surface area contributed by atoms with Crippen LogP contribution in [0.15, 0.2) is 27.6 Å². The molecule has 0 unspecified atom stereocenters. The summed E-state index contributed by atoms with van der Waals surface area (Å²) in [4.78, 5) is 8.40. The number of aromatic nitrogens is 2. The fraction of sp³-hybridized carbons (Fsp3) is 0.333. The predicted octanol–water partition coefficient (Wildman–Crippen LogP) is 1.70. The van der Waals surface area contributed by atoms with Gasteiger partial charge in [0.05, 0.1) is 12.2 Å². The summed E-state index contributed by atoms with van der Waals surface area (Å²) in [5.74, 6) is 1.56. The SMILES string of the molecule is Cc1nc(CNc2ncccc2S(C)(=O)=O)oc1C. The first-order valence-corrected chi connectivity index (χ1v) is 7.59. The van der Waals surface area contributed by atoms with Crippen molar-refractivity contribution < 1.29 is 12.8 Å². The number of aryl methyl sites for hydroxylation is 2. The molecule has 0 aliphatic rings. The zero-order chi connectivity index (χ0) is 14.0. The van der Waals surface area contributed by atoms with E-state index in [9.17, 15) is 8.42 Å². The summed E-state index contributed by atoms with van der Waals surface area (Å²) in [6.45, 7) is 3.97. The van der Waals surface area contributed by atoms with Crippen LogP contribution in [-0.2, 0) is 16.4 Å². The Labute approximate surface area is 111 Å². The molecule has 102 valence electrons. The average Bonchev–Trinajstić information content (AvgIpc) is 2.65. The number of hydrogen-bond acceptors (Lipinski definition) is 6. The quantitative estimate of drug-likeness (QED) is 0.918. The first-order valence-electron chi connectivity index (χ1n) is 5.70. The van der Waals surface area contributed by atoms with Gasteiger partial charge in [-0.25, -0.2) is 18.4 Å². The summed E-state index contributed by atoms with van der Waals surface area (Å²) in [6, 6.07) is 3.09. The van der Waals surface area contributed by atoms with E-state index in [1.165, 1.54) is 12.3 Å². The molecule has 0 saturated carbocycles. The van der Waals surface area contributed by atoms with E-state index in [0.717, 1.165) is 17.7 Å². The van der Waals surface area contributed by atoms with E-state index < -0.39 is 9.84 Å². The Bertz CT molecular complexity index is 672. The fourth-order valence-corrected chi connectivity index (χ4v) is 2.40. The van der Waals surface area contributed by atoms with Crippen molar-refractivity contribution in [1.29, 1.82) is 0 Å². The van der Waals surface area contributed by atoms with Crippen LogP contribution >= 0.6 is 0 Å². The molecular weight excluding hydrogens is 266 g/mol. The highest BCUT2D eigenvalue weighted by Crippen LogP contribution is 2.18. The lowest BCUT2D eigenvalue weighted by molar-refractivity contribution is 0.478. The van der Waals surface area contributed by atoms with Crippen LogP contribution < -0.4 is 5.32 Å². The summed E-state index contributed by atoms with van der Waals surface area (Å²) in [5.41, 5.74) is 0.821. The maximum absolute atomic E-state index is 11.6. The number of nitrogens with one attached hydrogen (secondary N) is 1. The van der Waals surface area contributed by atoms with Gasteiger partial charge in [0.25, 0.3) is 0 Å². The average molecular weight is 281 g/mol. The van der Waals surface area contributed by atoms with Crippen LogP contribution in [0, 0.1) is 13.8 Å². The molecule has 0 spiro atoms. The highest BCUT2D eigenvalue weighted by atomic mass is 32.2. The Morgan fingerprint density at radius 3 is 2.68 bits per heavy atom. The van der Waals surface area contributed by atoms with Crippen LogP contribution in [0.3, 0.4) is 0 Å². The zero-order valence-electron chi connectivity index (χ0n) is 11.0. The molecule has 2 heterocycles. The lowest BCUT2D eigenvalue weighted by Gasteiger charge is -2.07. The van der Waals surface area contributed by atoms with Crippen LogP contribution in [0.4, 0.5) is 5.82 Å². The molecule has 0 fully saturated rings. The van der Waals surface area contributed by atoms with E-state index in [2.05, 4.69) is 15.3 Å². The van der Waals surface area contributed by atoms with Crippen molar-refractivity contribution >= 4 is 15.7 Å². The molecule has 0 radical (unpaired) electrons. The molecule has 0 aliphatic heterocycles. The number of hydrogen-bond donors (Lipinski definition) is 1. The Morgan fingerprint density at radius 2 is 2.11 bits per heavy atom. The second-order valence-corrected chi connectivity index (χ2v) is 6.21. The van der Waals surface area contributed by atoms with Crippen LogP contribution in [-0.4, -0.2) is 24.6 Å². The largest absolute Gasteiger partial charge is 0.444 e. The van der Waals surface area contributed by atoms with Gasteiger partial charge in [-0.1, -0.05) is 0 Å². The molecule has 0 bridgehead atoms. The summed E-state index contributed by atoms with van der Waals surface area (Å²) in [6.07, 6.45) is 2.68. The lowest BCUT2D eigenvalue weighted by atomic mass is 10.4. The lowest BCUT2D eigenvalue weighted by Crippen LogP contribution is -2.08. The topological polar surface area (TPSA) is 85.1 Å². The first kappa shape index (κ1) is 13.5. The molecule has 2 aromatic rings. The molecule has 6 nitrogen and oxygen atoms in total. The molecule has 19 heavy (non-hydrogen) atoms. The molecule has 1 N–H and O–H groups in total. The van der Waals surface area contributed by atoms with Crippen molar-refractivity contribution in [2.24, 2.45) is 0 Å². The van der Waals surface area contributed by atoms with Crippen molar-refractivity contribution in [2.75, 3.05) is 11.6 Å². The number of oxazole rings is 1. The van der Waals surface area contributed by atoms with E-state index in [1.807, 2.05) is 13.8 Å². The monoisotopic (exact) mass is 281 g/mol. The Morgan fingerprint density at radius 1 is 1.37 bits per heavy atom. The second kappa shape index (κ2) is 5.00. The minimum atomic E-state index is -3.32. The van der Waals surface area contributed by atoms with E-state index in [0.29, 0.717) is 11.7 Å². The molecular formula is C12H15N3O3S. The van der Waals surface area contributed by atoms with E-state index >= 15 is 0 Å². The van der Waals surface area contributed by atoms with Gasteiger partial charge in [-0.2, -0.15) is 0 Å². The van der Waals surface area contributed by atoms with Crippen LogP contribution in [0.5, 0.6) is 0 Å². The predicted molar refractivity (Wildman–Crippen MR) is 70.7 cm³/mol. The summed E-state index contributed by atoms with van der Waals surface area (Å²) >= 11 is 0. The highest BCUT2D eigenvalue weighted by Gasteiger charge is 2.14. The number of sulfone groups is 1. The highest BCUT2D eigenvalue weighted by molar-refractivity contribution is 7.90. The van der Waals surface area contributed by atoms with Gasteiger partial charge < -0.3 is 9.73 Å². The maximum Gasteiger partial charge on any atom is 0.213 e. The van der Waals surface area contributed by atoms with Crippen LogP contribution in [0.2, 0.25) is 0 Å². The second-order valence-electron chi connectivity index (χ2n) is 4.23. The minimum Gasteiger partial charge on any atom is -0.444 e. The number of anilines is 1. The molecule has 0 atom stereocenters. The standard InChI is InChI=1S/C12H15N3O3S/c1-8-9(2)18-11(15-8)7-14-12-10(19(3,16)17)5-4-6-13-12/h4-6H,7H2,1-3H3,(H,13,14). The van der Waals surface area contributed by atoms with Gasteiger partial charge in [-0.05, 0) is 26.0 Å². The van der Waals surface area contributed by atoms with Crippen molar-refractivity contribution in [2.45, 2.75) is 25.3 Å². The van der Waals surface area contributed by atoms with Gasteiger partial charge in [-0.15, -0.1) is 0 Å². The zero-order valence-corrected chi connectivity index (χ0v) is 11.8. The van der Waals surface area contributed by atoms with E-state index in [-0.39, 0.29) is 11.4 Å². The summed E-state index contributed by atoms with van der Waals surface area (Å²) < 4.78 is 28.6. The number of nitrogens with zero attached hydrogens (tertiary/aromatic N) is 2. The third-order valence-corrected chi connectivity index (χ3v) is 3.78. The van der Waals surface area contributed by atoms with E-state index in [1.54, 1.807) is 6.07 Å². The number of pyridine rings is 1. The third-order valence-electron chi connectivity index (χ3n) is 2.65. The third kappa shape index (κ3) is 3.11. The van der Waals surface area contributed by atoms with Gasteiger partial charge >= 0.3 is 0 Å². The van der Waals surface area contributed by atoms with Crippen molar-refractivity contribution in [3.63, 3.8) is 0 Å². The maximum atomic E-state index is 11.6. The first-order chi connectivity index (χ1) is 8.88. The van der Waals surface area contributed by atoms with Gasteiger partial charge in [-0.3, -0.25) is 0 Å². The smallest absolute Gasteiger partial charge is 0.213 e. The van der Waals surface area contributed by atoms with Crippen LogP contribution in [0.25, 0.3) is 0 Å².